The van der Waals surface area contributed by atoms with Gasteiger partial charge in [0, 0.05) is 34.6 Å². The van der Waals surface area contributed by atoms with Crippen LogP contribution in [0.25, 0.3) is 10.9 Å². The highest BCUT2D eigenvalue weighted by Crippen LogP contribution is 2.53. The Hall–Kier alpha value is -1.83. The molecule has 1 aromatic carbocycles. The van der Waals surface area contributed by atoms with Crippen LogP contribution in [0.3, 0.4) is 0 Å². The molecule has 1 N–H and O–H groups in total. The molecule has 0 spiro atoms. The third kappa shape index (κ3) is 2.74. The van der Waals surface area contributed by atoms with Crippen LogP contribution in [0.2, 0.25) is 0 Å². The molecule has 3 nitrogen and oxygen atoms in total. The number of benzene rings is 1. The lowest BCUT2D eigenvalue weighted by atomic mass is 9.91. The standard InChI is InChI=1S/C17H14ClF5N2O/c18-16(19,20)7-25-11-3-1-2-8(11)14-12(25)5-4-10-15(14)9(17(21,22)23)6-13(26)24-10/h4-6,8,11H,1-3,7H2,(H,24,26). The number of aromatic nitrogens is 1. The monoisotopic (exact) mass is 392 g/mol. The lowest BCUT2D eigenvalue weighted by Gasteiger charge is -2.28. The van der Waals surface area contributed by atoms with E-state index >= 15 is 0 Å². The maximum atomic E-state index is 13.6. The van der Waals surface area contributed by atoms with Crippen molar-refractivity contribution in [2.24, 2.45) is 0 Å². The van der Waals surface area contributed by atoms with Crippen molar-refractivity contribution in [2.45, 2.75) is 42.8 Å². The number of aromatic amines is 1. The zero-order chi connectivity index (χ0) is 18.9. The van der Waals surface area contributed by atoms with E-state index in [1.807, 2.05) is 0 Å². The summed E-state index contributed by atoms with van der Waals surface area (Å²) in [7, 11) is 0. The van der Waals surface area contributed by atoms with Crippen molar-refractivity contribution >= 4 is 28.2 Å². The molecule has 9 heteroatoms. The Kier molecular flexibility index (Phi) is 3.77. The van der Waals surface area contributed by atoms with Gasteiger partial charge in [-0.1, -0.05) is 6.42 Å². The van der Waals surface area contributed by atoms with Gasteiger partial charge in [-0.05, 0) is 42.1 Å². The van der Waals surface area contributed by atoms with E-state index in [9.17, 15) is 26.7 Å². The van der Waals surface area contributed by atoms with Gasteiger partial charge in [0.15, 0.2) is 0 Å². The van der Waals surface area contributed by atoms with Crippen molar-refractivity contribution in [2.75, 3.05) is 11.4 Å². The fourth-order valence-electron chi connectivity index (χ4n) is 4.45. The van der Waals surface area contributed by atoms with Gasteiger partial charge in [-0.3, -0.25) is 4.79 Å². The van der Waals surface area contributed by atoms with Crippen LogP contribution in [0.4, 0.5) is 27.6 Å². The van der Waals surface area contributed by atoms with Gasteiger partial charge in [-0.15, -0.1) is 0 Å². The van der Waals surface area contributed by atoms with Crippen molar-refractivity contribution in [1.82, 2.24) is 4.98 Å². The molecule has 2 aliphatic rings. The van der Waals surface area contributed by atoms with Gasteiger partial charge in [-0.2, -0.15) is 22.0 Å². The third-order valence-electron chi connectivity index (χ3n) is 5.24. The van der Waals surface area contributed by atoms with Crippen LogP contribution in [0.15, 0.2) is 23.0 Å². The normalized spacial score (nSPS) is 22.8. The van der Waals surface area contributed by atoms with E-state index in [-0.39, 0.29) is 22.9 Å². The van der Waals surface area contributed by atoms with Crippen LogP contribution >= 0.6 is 11.6 Å². The second-order valence-corrected chi connectivity index (χ2v) is 7.37. The van der Waals surface area contributed by atoms with E-state index in [4.69, 9.17) is 11.6 Å². The molecular formula is C17H14ClF5N2O. The van der Waals surface area contributed by atoms with Crippen LogP contribution in [-0.2, 0) is 6.18 Å². The zero-order valence-corrected chi connectivity index (χ0v) is 14.1. The molecule has 26 heavy (non-hydrogen) atoms. The Morgan fingerprint density at radius 1 is 1.19 bits per heavy atom. The summed E-state index contributed by atoms with van der Waals surface area (Å²) in [5.74, 6) is -0.292. The fraction of sp³-hybridized carbons (Fsp3) is 0.471. The fourth-order valence-corrected chi connectivity index (χ4v) is 4.58. The molecule has 0 amide bonds. The zero-order valence-electron chi connectivity index (χ0n) is 13.3. The number of halogens is 6. The Labute approximate surface area is 149 Å². The van der Waals surface area contributed by atoms with Gasteiger partial charge < -0.3 is 9.88 Å². The summed E-state index contributed by atoms with van der Waals surface area (Å²) < 4.78 is 67.6. The number of H-pyrrole nitrogens is 1. The van der Waals surface area contributed by atoms with Crippen LogP contribution in [0, 0.1) is 0 Å². The Morgan fingerprint density at radius 2 is 1.92 bits per heavy atom. The molecule has 4 rings (SSSR count). The van der Waals surface area contributed by atoms with Gasteiger partial charge in [0.25, 0.3) is 0 Å². The SMILES string of the molecule is O=c1cc(C(F)(F)F)c2c3c(ccc2[nH]1)N(CC(F)(F)Cl)C1CCCC31. The van der Waals surface area contributed by atoms with E-state index in [0.717, 1.165) is 6.42 Å². The van der Waals surface area contributed by atoms with E-state index < -0.39 is 29.2 Å². The predicted molar refractivity (Wildman–Crippen MR) is 88.1 cm³/mol. The maximum Gasteiger partial charge on any atom is 0.417 e. The smallest absolute Gasteiger partial charge is 0.360 e. The van der Waals surface area contributed by atoms with Gasteiger partial charge in [0.1, 0.15) is 0 Å². The van der Waals surface area contributed by atoms with Crippen molar-refractivity contribution in [3.63, 3.8) is 0 Å². The molecule has 2 atom stereocenters. The number of alkyl halides is 6. The Morgan fingerprint density at radius 3 is 2.58 bits per heavy atom. The number of nitrogens with one attached hydrogen (secondary N) is 1. The molecule has 0 radical (unpaired) electrons. The van der Waals surface area contributed by atoms with Crippen molar-refractivity contribution < 1.29 is 22.0 Å². The van der Waals surface area contributed by atoms with Gasteiger partial charge >= 0.3 is 11.6 Å². The number of fused-ring (bicyclic) bond motifs is 5. The van der Waals surface area contributed by atoms with Crippen molar-refractivity contribution in [1.29, 1.82) is 0 Å². The van der Waals surface area contributed by atoms with Crippen molar-refractivity contribution in [3.05, 3.63) is 39.7 Å². The maximum absolute atomic E-state index is 13.6. The topological polar surface area (TPSA) is 36.1 Å². The predicted octanol–water partition coefficient (Wildman–Crippen LogP) is 4.83. The second-order valence-electron chi connectivity index (χ2n) is 6.81. The molecule has 1 aliphatic carbocycles. The van der Waals surface area contributed by atoms with Crippen LogP contribution in [0.5, 0.6) is 0 Å². The summed E-state index contributed by atoms with van der Waals surface area (Å²) >= 11 is 5.11. The second kappa shape index (κ2) is 5.58. The summed E-state index contributed by atoms with van der Waals surface area (Å²) in [5, 5.41) is -3.59. The summed E-state index contributed by atoms with van der Waals surface area (Å²) in [6.45, 7) is -0.765. The van der Waals surface area contributed by atoms with E-state index in [0.29, 0.717) is 30.2 Å². The van der Waals surface area contributed by atoms with E-state index in [1.54, 1.807) is 0 Å². The molecule has 140 valence electrons. The van der Waals surface area contributed by atoms with Crippen LogP contribution < -0.4 is 10.5 Å². The summed E-state index contributed by atoms with van der Waals surface area (Å²) in [6.07, 6.45) is -2.77. The quantitative estimate of drug-likeness (QED) is 0.586. The molecule has 0 bridgehead atoms. The Balaban J connectivity index is 2.01. The first-order valence-electron chi connectivity index (χ1n) is 8.17. The molecule has 1 fully saturated rings. The van der Waals surface area contributed by atoms with Crippen LogP contribution in [0.1, 0.15) is 36.3 Å². The molecule has 2 unspecified atom stereocenters. The largest absolute Gasteiger partial charge is 0.417 e. The minimum atomic E-state index is -4.72. The molecule has 2 aromatic rings. The minimum Gasteiger partial charge on any atom is -0.360 e. The number of pyridine rings is 1. The lowest BCUT2D eigenvalue weighted by Crippen LogP contribution is -2.38. The highest BCUT2D eigenvalue weighted by Gasteiger charge is 2.47. The summed E-state index contributed by atoms with van der Waals surface area (Å²) in [5.41, 5.74) is -1.10. The number of nitrogens with zero attached hydrogens (tertiary/aromatic N) is 1. The first-order valence-corrected chi connectivity index (χ1v) is 8.54. The van der Waals surface area contributed by atoms with Gasteiger partial charge in [0.05, 0.1) is 12.1 Å². The highest BCUT2D eigenvalue weighted by atomic mass is 35.5. The lowest BCUT2D eigenvalue weighted by molar-refractivity contribution is -0.136. The summed E-state index contributed by atoms with van der Waals surface area (Å²) in [6, 6.07) is 3.05. The first kappa shape index (κ1) is 17.6. The Bertz CT molecular complexity index is 934. The first-order chi connectivity index (χ1) is 12.1. The molecular weight excluding hydrogens is 379 g/mol. The number of hydrogen-bond acceptors (Lipinski definition) is 2. The van der Waals surface area contributed by atoms with Gasteiger partial charge in [-0.25, -0.2) is 0 Å². The highest BCUT2D eigenvalue weighted by molar-refractivity contribution is 6.22. The van der Waals surface area contributed by atoms with E-state index in [1.165, 1.54) is 17.0 Å². The van der Waals surface area contributed by atoms with E-state index in [2.05, 4.69) is 4.98 Å². The van der Waals surface area contributed by atoms with Crippen LogP contribution in [-0.4, -0.2) is 23.0 Å². The van der Waals surface area contributed by atoms with Gasteiger partial charge in [0.2, 0.25) is 5.56 Å². The molecule has 1 aromatic heterocycles. The average Bonchev–Trinajstić information content (AvgIpc) is 3.06. The molecule has 0 saturated heterocycles. The van der Waals surface area contributed by atoms with Crippen molar-refractivity contribution in [3.8, 4) is 0 Å². The summed E-state index contributed by atoms with van der Waals surface area (Å²) in [4.78, 5) is 15.5. The number of hydrogen-bond donors (Lipinski definition) is 1. The third-order valence-corrected chi connectivity index (χ3v) is 5.36. The molecule has 1 saturated carbocycles. The number of rotatable bonds is 2. The minimum absolute atomic E-state index is 0.0636. The molecule has 1 aliphatic heterocycles. The number of anilines is 1. The average molecular weight is 393 g/mol. The molecule has 2 heterocycles.